The third-order valence-electron chi connectivity index (χ3n) is 2.28. The van der Waals surface area contributed by atoms with E-state index in [1.165, 1.54) is 11.1 Å². The Labute approximate surface area is 91.0 Å². The van der Waals surface area contributed by atoms with E-state index in [9.17, 15) is 0 Å². The molecule has 0 nitrogen and oxygen atoms in total. The fraction of sp³-hybridized carbons (Fsp3) is 0.0667. The van der Waals surface area contributed by atoms with Gasteiger partial charge in [-0.2, -0.15) is 0 Å². The van der Waals surface area contributed by atoms with Crippen LogP contribution in [0.15, 0.2) is 72.4 Å². The van der Waals surface area contributed by atoms with E-state index in [4.69, 9.17) is 0 Å². The van der Waals surface area contributed by atoms with Crippen molar-refractivity contribution in [1.82, 2.24) is 0 Å². The summed E-state index contributed by atoms with van der Waals surface area (Å²) in [7, 11) is 0. The molecule has 0 unspecified atom stereocenters. The van der Waals surface area contributed by atoms with Crippen LogP contribution in [-0.2, 0) is 0 Å². The van der Waals surface area contributed by atoms with Crippen LogP contribution in [0.5, 0.6) is 0 Å². The van der Waals surface area contributed by atoms with Crippen molar-refractivity contribution in [2.24, 2.45) is 0 Å². The summed E-state index contributed by atoms with van der Waals surface area (Å²) in [5.74, 6) is 0. The largest absolute Gasteiger partial charge is 0.0801 e. The molecule has 2 rings (SSSR count). The average molecular weight is 194 g/mol. The molecule has 0 saturated carbocycles. The zero-order chi connectivity index (χ0) is 10.3. The van der Waals surface area contributed by atoms with Crippen molar-refractivity contribution in [3.63, 3.8) is 0 Å². The summed E-state index contributed by atoms with van der Waals surface area (Å²) in [5, 5.41) is 0. The Morgan fingerprint density at radius 3 is 2.53 bits per heavy atom. The summed E-state index contributed by atoms with van der Waals surface area (Å²) in [6.07, 6.45) is 15.8. The molecule has 0 saturated heterocycles. The van der Waals surface area contributed by atoms with Gasteiger partial charge in [0, 0.05) is 0 Å². The van der Waals surface area contributed by atoms with E-state index in [0.717, 1.165) is 6.42 Å². The van der Waals surface area contributed by atoms with E-state index in [-0.39, 0.29) is 0 Å². The lowest BCUT2D eigenvalue weighted by Gasteiger charge is -2.00. The van der Waals surface area contributed by atoms with Crippen LogP contribution in [0.3, 0.4) is 0 Å². The molecule has 0 fully saturated rings. The molecule has 0 spiro atoms. The molecule has 0 amide bonds. The Kier molecular flexibility index (Phi) is 3.34. The zero-order valence-electron chi connectivity index (χ0n) is 8.64. The van der Waals surface area contributed by atoms with E-state index in [1.54, 1.807) is 0 Å². The first kappa shape index (κ1) is 9.72. The van der Waals surface area contributed by atoms with Crippen molar-refractivity contribution >= 4 is 6.08 Å². The molecule has 0 aromatic heterocycles. The molecule has 1 aromatic rings. The minimum Gasteiger partial charge on any atom is -0.0801 e. The molecule has 0 N–H and O–H groups in total. The van der Waals surface area contributed by atoms with Gasteiger partial charge in [-0.15, -0.1) is 0 Å². The van der Waals surface area contributed by atoms with E-state index in [2.05, 4.69) is 66.8 Å². The van der Waals surface area contributed by atoms with Crippen molar-refractivity contribution in [3.05, 3.63) is 77.9 Å². The van der Waals surface area contributed by atoms with Gasteiger partial charge in [-0.25, -0.2) is 0 Å². The first-order valence-corrected chi connectivity index (χ1v) is 5.21. The molecule has 0 atom stereocenters. The predicted molar refractivity (Wildman–Crippen MR) is 66.5 cm³/mol. The van der Waals surface area contributed by atoms with Gasteiger partial charge in [0.05, 0.1) is 0 Å². The van der Waals surface area contributed by atoms with Gasteiger partial charge in [-0.1, -0.05) is 72.9 Å². The van der Waals surface area contributed by atoms with Crippen LogP contribution >= 0.6 is 0 Å². The summed E-state index contributed by atoms with van der Waals surface area (Å²) in [5.41, 5.74) is 2.59. The Morgan fingerprint density at radius 2 is 1.67 bits per heavy atom. The smallest absolute Gasteiger partial charge is 0.00941 e. The van der Waals surface area contributed by atoms with Gasteiger partial charge < -0.3 is 0 Å². The molecule has 1 aliphatic carbocycles. The predicted octanol–water partition coefficient (Wildman–Crippen LogP) is 4.14. The normalized spacial score (nSPS) is 24.1. The molecule has 0 heteroatoms. The summed E-state index contributed by atoms with van der Waals surface area (Å²) in [6.45, 7) is 0. The van der Waals surface area contributed by atoms with Gasteiger partial charge in [0.1, 0.15) is 0 Å². The maximum absolute atomic E-state index is 2.22. The van der Waals surface area contributed by atoms with E-state index in [1.807, 2.05) is 6.07 Å². The van der Waals surface area contributed by atoms with Gasteiger partial charge in [-0.3, -0.25) is 0 Å². The maximum Gasteiger partial charge on any atom is -0.00941 e. The molecule has 1 aliphatic rings. The monoisotopic (exact) mass is 194 g/mol. The number of benzene rings is 1. The highest BCUT2D eigenvalue weighted by atomic mass is 14.0. The van der Waals surface area contributed by atoms with Gasteiger partial charge in [-0.05, 0) is 17.6 Å². The first-order valence-electron chi connectivity index (χ1n) is 5.21. The molecule has 15 heavy (non-hydrogen) atoms. The van der Waals surface area contributed by atoms with E-state index >= 15 is 0 Å². The highest BCUT2D eigenvalue weighted by molar-refractivity contribution is 5.56. The zero-order valence-corrected chi connectivity index (χ0v) is 8.64. The maximum atomic E-state index is 2.22. The van der Waals surface area contributed by atoms with Gasteiger partial charge in [0.15, 0.2) is 0 Å². The van der Waals surface area contributed by atoms with Crippen LogP contribution in [0.25, 0.3) is 6.08 Å². The quantitative estimate of drug-likeness (QED) is 0.630. The molecular weight excluding hydrogens is 180 g/mol. The number of hydrogen-bond acceptors (Lipinski definition) is 0. The first-order chi connectivity index (χ1) is 7.45. The van der Waals surface area contributed by atoms with Crippen LogP contribution in [0.2, 0.25) is 0 Å². The fourth-order valence-corrected chi connectivity index (χ4v) is 1.53. The third-order valence-corrected chi connectivity index (χ3v) is 2.28. The van der Waals surface area contributed by atoms with Crippen LogP contribution in [-0.4, -0.2) is 0 Å². The Morgan fingerprint density at radius 1 is 0.867 bits per heavy atom. The molecule has 1 aromatic carbocycles. The second-order valence-electron chi connectivity index (χ2n) is 3.51. The molecule has 74 valence electrons. The lowest BCUT2D eigenvalue weighted by Crippen LogP contribution is -1.79. The van der Waals surface area contributed by atoms with Crippen LogP contribution in [0.1, 0.15) is 12.0 Å². The van der Waals surface area contributed by atoms with Crippen molar-refractivity contribution < 1.29 is 0 Å². The summed E-state index contributed by atoms with van der Waals surface area (Å²) >= 11 is 0. The Bertz CT molecular complexity index is 417. The SMILES string of the molecule is C1=C\C=C/C(=C\c2ccccc2)C\C=C/1. The second-order valence-corrected chi connectivity index (χ2v) is 3.51. The van der Waals surface area contributed by atoms with Crippen LogP contribution in [0.4, 0.5) is 0 Å². The minimum atomic E-state index is 0.996. The Balaban J connectivity index is 2.23. The van der Waals surface area contributed by atoms with Crippen LogP contribution < -0.4 is 0 Å². The standard InChI is InChI=1S/C15H14/c1-2-5-9-14(10-6-3-1)13-15-11-7-4-8-12-15/h1-9,11-13H,10H2/b2-1-,6-3-,9-5-,14-13+. The molecular formula is C15H14. The summed E-state index contributed by atoms with van der Waals surface area (Å²) in [6, 6.07) is 10.4. The average Bonchev–Trinajstić information content (AvgIpc) is 2.23. The topological polar surface area (TPSA) is 0 Å². The molecule has 0 heterocycles. The van der Waals surface area contributed by atoms with Crippen molar-refractivity contribution in [2.75, 3.05) is 0 Å². The number of hydrogen-bond donors (Lipinski definition) is 0. The highest BCUT2D eigenvalue weighted by Gasteiger charge is 1.92. The lowest BCUT2D eigenvalue weighted by molar-refractivity contribution is 1.30. The summed E-state index contributed by atoms with van der Waals surface area (Å²) in [4.78, 5) is 0. The van der Waals surface area contributed by atoms with E-state index < -0.39 is 0 Å². The number of allylic oxidation sites excluding steroid dienone is 7. The van der Waals surface area contributed by atoms with Crippen LogP contribution in [0, 0.1) is 0 Å². The number of rotatable bonds is 1. The van der Waals surface area contributed by atoms with Gasteiger partial charge in [0.2, 0.25) is 0 Å². The minimum absolute atomic E-state index is 0.996. The van der Waals surface area contributed by atoms with Gasteiger partial charge >= 0.3 is 0 Å². The van der Waals surface area contributed by atoms with Crippen molar-refractivity contribution in [2.45, 2.75) is 6.42 Å². The molecule has 0 aliphatic heterocycles. The van der Waals surface area contributed by atoms with Gasteiger partial charge in [0.25, 0.3) is 0 Å². The van der Waals surface area contributed by atoms with E-state index in [0.29, 0.717) is 0 Å². The molecule has 0 radical (unpaired) electrons. The van der Waals surface area contributed by atoms with Crippen molar-refractivity contribution in [3.8, 4) is 0 Å². The van der Waals surface area contributed by atoms with Crippen molar-refractivity contribution in [1.29, 1.82) is 0 Å². The Hall–Kier alpha value is -1.82. The third kappa shape index (κ3) is 3.10. The highest BCUT2D eigenvalue weighted by Crippen LogP contribution is 2.13. The lowest BCUT2D eigenvalue weighted by atomic mass is 10.1. The summed E-state index contributed by atoms with van der Waals surface area (Å²) < 4.78 is 0. The fourth-order valence-electron chi connectivity index (χ4n) is 1.53. The second kappa shape index (κ2) is 5.16. The molecule has 0 bridgehead atoms.